The molecule has 0 radical (unpaired) electrons. The van der Waals surface area contributed by atoms with E-state index in [1.807, 2.05) is 0 Å². The molecule has 2 aromatic carbocycles. The van der Waals surface area contributed by atoms with Crippen LogP contribution in [0.15, 0.2) is 47.4 Å². The summed E-state index contributed by atoms with van der Waals surface area (Å²) in [5, 5.41) is 2.78. The van der Waals surface area contributed by atoms with Gasteiger partial charge in [-0.3, -0.25) is 4.79 Å². The number of amides is 1. The van der Waals surface area contributed by atoms with E-state index in [1.54, 1.807) is 32.9 Å². The number of hydrogen-bond acceptors (Lipinski definition) is 4. The summed E-state index contributed by atoms with van der Waals surface area (Å²) in [6.07, 6.45) is 2.73. The quantitative estimate of drug-likeness (QED) is 0.743. The molecule has 0 unspecified atom stereocenters. The Kier molecular flexibility index (Phi) is 6.47. The van der Waals surface area contributed by atoms with Crippen molar-refractivity contribution in [3.63, 3.8) is 0 Å². The van der Waals surface area contributed by atoms with Crippen molar-refractivity contribution in [2.24, 2.45) is 0 Å². The summed E-state index contributed by atoms with van der Waals surface area (Å²) < 4.78 is 46.2. The van der Waals surface area contributed by atoms with Gasteiger partial charge in [-0.2, -0.15) is 4.31 Å². The predicted octanol–water partition coefficient (Wildman–Crippen LogP) is 4.10. The number of halogens is 1. The summed E-state index contributed by atoms with van der Waals surface area (Å²) in [6, 6.07) is 10.1. The Labute approximate surface area is 177 Å². The van der Waals surface area contributed by atoms with Crippen molar-refractivity contribution >= 4 is 21.6 Å². The Morgan fingerprint density at radius 3 is 2.33 bits per heavy atom. The summed E-state index contributed by atoms with van der Waals surface area (Å²) in [6.45, 7) is 6.00. The van der Waals surface area contributed by atoms with Crippen molar-refractivity contribution in [1.82, 2.24) is 4.31 Å². The van der Waals surface area contributed by atoms with Crippen LogP contribution in [0.3, 0.4) is 0 Å². The first kappa shape index (κ1) is 22.2. The van der Waals surface area contributed by atoms with Gasteiger partial charge >= 0.3 is 0 Å². The number of sulfonamides is 1. The lowest BCUT2D eigenvalue weighted by atomic mass is 10.1. The highest BCUT2D eigenvalue weighted by atomic mass is 32.2. The lowest BCUT2D eigenvalue weighted by molar-refractivity contribution is -0.128. The Morgan fingerprint density at radius 1 is 1.07 bits per heavy atom. The monoisotopic (exact) mass is 434 g/mol. The first-order valence-corrected chi connectivity index (χ1v) is 11.4. The third kappa shape index (κ3) is 4.99. The number of nitrogens with one attached hydrogen (secondary N) is 1. The van der Waals surface area contributed by atoms with Gasteiger partial charge in [-0.1, -0.05) is 12.5 Å². The molecule has 1 saturated heterocycles. The summed E-state index contributed by atoms with van der Waals surface area (Å²) in [5.41, 5.74) is -0.112. The molecule has 1 fully saturated rings. The molecule has 2 aromatic rings. The van der Waals surface area contributed by atoms with Crippen LogP contribution < -0.4 is 10.1 Å². The first-order chi connectivity index (χ1) is 14.1. The highest BCUT2D eigenvalue weighted by molar-refractivity contribution is 7.89. The van der Waals surface area contributed by atoms with Crippen LogP contribution in [0, 0.1) is 12.7 Å². The van der Waals surface area contributed by atoms with Crippen LogP contribution in [0.4, 0.5) is 10.1 Å². The maximum atomic E-state index is 13.1. The molecule has 30 heavy (non-hydrogen) atoms. The number of hydrogen-bond donors (Lipinski definition) is 1. The van der Waals surface area contributed by atoms with Gasteiger partial charge in [-0.15, -0.1) is 0 Å². The van der Waals surface area contributed by atoms with Gasteiger partial charge in [0, 0.05) is 18.8 Å². The molecule has 1 amide bonds. The molecule has 0 saturated carbocycles. The standard InChI is InChI=1S/C22H27FN2O4S/c1-16-7-12-19(30(27,28)25-13-5-4-6-14-25)15-20(16)24-21(26)22(2,3)29-18-10-8-17(23)9-11-18/h7-12,15H,4-6,13-14H2,1-3H3,(H,24,26). The highest BCUT2D eigenvalue weighted by Gasteiger charge is 2.31. The summed E-state index contributed by atoms with van der Waals surface area (Å²) in [5.74, 6) is -0.482. The zero-order valence-electron chi connectivity index (χ0n) is 17.4. The number of nitrogens with zero attached hydrogens (tertiary/aromatic N) is 1. The van der Waals surface area contributed by atoms with Crippen molar-refractivity contribution in [3.8, 4) is 5.75 Å². The van der Waals surface area contributed by atoms with E-state index in [0.717, 1.165) is 24.8 Å². The van der Waals surface area contributed by atoms with Crippen molar-refractivity contribution in [1.29, 1.82) is 0 Å². The molecule has 1 N–H and O–H groups in total. The van der Waals surface area contributed by atoms with Gasteiger partial charge < -0.3 is 10.1 Å². The smallest absolute Gasteiger partial charge is 0.267 e. The third-order valence-electron chi connectivity index (χ3n) is 5.14. The van der Waals surface area contributed by atoms with Gasteiger partial charge in [0.05, 0.1) is 4.90 Å². The van der Waals surface area contributed by atoms with Crippen LogP contribution in [0.25, 0.3) is 0 Å². The van der Waals surface area contributed by atoms with E-state index in [1.165, 1.54) is 34.6 Å². The molecule has 1 heterocycles. The van der Waals surface area contributed by atoms with Gasteiger partial charge in [0.15, 0.2) is 5.60 Å². The normalized spacial score (nSPS) is 15.6. The molecule has 8 heteroatoms. The lowest BCUT2D eigenvalue weighted by Crippen LogP contribution is -2.42. The Bertz CT molecular complexity index is 1010. The number of anilines is 1. The molecule has 0 atom stereocenters. The Hall–Kier alpha value is -2.45. The lowest BCUT2D eigenvalue weighted by Gasteiger charge is -2.27. The minimum Gasteiger partial charge on any atom is -0.478 e. The molecule has 6 nitrogen and oxygen atoms in total. The van der Waals surface area contributed by atoms with Crippen LogP contribution >= 0.6 is 0 Å². The SMILES string of the molecule is Cc1ccc(S(=O)(=O)N2CCCCC2)cc1NC(=O)C(C)(C)Oc1ccc(F)cc1. The second kappa shape index (κ2) is 8.73. The van der Waals surface area contributed by atoms with E-state index < -0.39 is 27.3 Å². The van der Waals surface area contributed by atoms with Crippen molar-refractivity contribution in [2.45, 2.75) is 50.5 Å². The minimum absolute atomic E-state index is 0.155. The number of carbonyl (C=O) groups excluding carboxylic acids is 1. The van der Waals surface area contributed by atoms with Crippen molar-refractivity contribution in [3.05, 3.63) is 53.8 Å². The highest BCUT2D eigenvalue weighted by Crippen LogP contribution is 2.27. The maximum absolute atomic E-state index is 13.1. The maximum Gasteiger partial charge on any atom is 0.267 e. The fraction of sp³-hybridized carbons (Fsp3) is 0.409. The molecule has 1 aliphatic rings. The van der Waals surface area contributed by atoms with Crippen LogP contribution in [0.1, 0.15) is 38.7 Å². The van der Waals surface area contributed by atoms with Crippen LogP contribution in [-0.4, -0.2) is 37.3 Å². The number of ether oxygens (including phenoxy) is 1. The van der Waals surface area contributed by atoms with Crippen LogP contribution in [0.2, 0.25) is 0 Å². The third-order valence-corrected chi connectivity index (χ3v) is 7.04. The number of benzene rings is 2. The van der Waals surface area contributed by atoms with Gasteiger partial charge in [0.2, 0.25) is 10.0 Å². The fourth-order valence-corrected chi connectivity index (χ4v) is 4.81. The number of aryl methyl sites for hydroxylation is 1. The summed E-state index contributed by atoms with van der Waals surface area (Å²) >= 11 is 0. The van der Waals surface area contributed by atoms with E-state index in [2.05, 4.69) is 5.32 Å². The van der Waals surface area contributed by atoms with E-state index in [9.17, 15) is 17.6 Å². The molecular weight excluding hydrogens is 407 g/mol. The zero-order chi connectivity index (χ0) is 21.9. The van der Waals surface area contributed by atoms with E-state index >= 15 is 0 Å². The fourth-order valence-electron chi connectivity index (χ4n) is 3.27. The minimum atomic E-state index is -3.61. The molecule has 0 aliphatic carbocycles. The molecule has 0 bridgehead atoms. The summed E-state index contributed by atoms with van der Waals surface area (Å²) in [7, 11) is -3.61. The summed E-state index contributed by atoms with van der Waals surface area (Å²) in [4.78, 5) is 13.0. The van der Waals surface area contributed by atoms with Gasteiger partial charge in [0.1, 0.15) is 11.6 Å². The predicted molar refractivity (Wildman–Crippen MR) is 114 cm³/mol. The van der Waals surface area contributed by atoms with Gasteiger partial charge in [-0.25, -0.2) is 12.8 Å². The number of carbonyl (C=O) groups is 1. The zero-order valence-corrected chi connectivity index (χ0v) is 18.3. The second-order valence-corrected chi connectivity index (χ2v) is 9.90. The largest absolute Gasteiger partial charge is 0.478 e. The van der Waals surface area contributed by atoms with E-state index in [4.69, 9.17) is 4.74 Å². The number of rotatable bonds is 6. The molecule has 162 valence electrons. The van der Waals surface area contributed by atoms with Crippen LogP contribution in [0.5, 0.6) is 5.75 Å². The first-order valence-electron chi connectivity index (χ1n) is 9.96. The Morgan fingerprint density at radius 2 is 1.70 bits per heavy atom. The van der Waals surface area contributed by atoms with Gasteiger partial charge in [0.25, 0.3) is 5.91 Å². The van der Waals surface area contributed by atoms with Gasteiger partial charge in [-0.05, 0) is 75.6 Å². The molecule has 1 aliphatic heterocycles. The van der Waals surface area contributed by atoms with Crippen LogP contribution in [-0.2, 0) is 14.8 Å². The van der Waals surface area contributed by atoms with Crippen molar-refractivity contribution in [2.75, 3.05) is 18.4 Å². The molecular formula is C22H27FN2O4S. The topological polar surface area (TPSA) is 75.7 Å². The van der Waals surface area contributed by atoms with E-state index in [-0.39, 0.29) is 4.90 Å². The van der Waals surface area contributed by atoms with E-state index in [0.29, 0.717) is 24.5 Å². The average Bonchev–Trinajstić information content (AvgIpc) is 2.71. The molecule has 0 aromatic heterocycles. The average molecular weight is 435 g/mol. The second-order valence-electron chi connectivity index (χ2n) is 7.96. The molecule has 3 rings (SSSR count). The Balaban J connectivity index is 1.79. The molecule has 0 spiro atoms. The van der Waals surface area contributed by atoms with Crippen molar-refractivity contribution < 1.29 is 22.3 Å². The number of piperidine rings is 1.